The van der Waals surface area contributed by atoms with Crippen molar-refractivity contribution in [2.75, 3.05) is 25.5 Å². The lowest BCUT2D eigenvalue weighted by Crippen LogP contribution is -2.39. The molecule has 3 heterocycles. The SMILES string of the molecule is CNc1ncc(C(=O)N2CCC(C(O)c3cccs3)CC2)cn1. The van der Waals surface area contributed by atoms with Crippen LogP contribution >= 0.6 is 11.3 Å². The van der Waals surface area contributed by atoms with Crippen LogP contribution in [0.2, 0.25) is 0 Å². The maximum absolute atomic E-state index is 12.5. The highest BCUT2D eigenvalue weighted by Crippen LogP contribution is 2.33. The highest BCUT2D eigenvalue weighted by Gasteiger charge is 2.29. The van der Waals surface area contributed by atoms with Gasteiger partial charge in [-0.15, -0.1) is 11.3 Å². The summed E-state index contributed by atoms with van der Waals surface area (Å²) in [5.74, 6) is 0.664. The Morgan fingerprint density at radius 3 is 2.65 bits per heavy atom. The monoisotopic (exact) mass is 332 g/mol. The predicted octanol–water partition coefficient (Wildman–Crippen LogP) is 2.17. The van der Waals surface area contributed by atoms with E-state index in [2.05, 4.69) is 15.3 Å². The number of aliphatic hydroxyl groups is 1. The number of carbonyl (C=O) groups is 1. The summed E-state index contributed by atoms with van der Waals surface area (Å²) >= 11 is 1.58. The van der Waals surface area contributed by atoms with Crippen molar-refractivity contribution in [1.82, 2.24) is 14.9 Å². The molecule has 1 fully saturated rings. The van der Waals surface area contributed by atoms with Crippen molar-refractivity contribution < 1.29 is 9.90 Å². The average molecular weight is 332 g/mol. The fourth-order valence-corrected chi connectivity index (χ4v) is 3.66. The number of aliphatic hydroxyl groups excluding tert-OH is 1. The summed E-state index contributed by atoms with van der Waals surface area (Å²) in [7, 11) is 1.74. The first-order valence-corrected chi connectivity index (χ1v) is 8.57. The van der Waals surface area contributed by atoms with Gasteiger partial charge in [-0.25, -0.2) is 9.97 Å². The molecule has 0 radical (unpaired) electrons. The molecule has 1 amide bonds. The third kappa shape index (κ3) is 3.51. The summed E-state index contributed by atoms with van der Waals surface area (Å²) in [4.78, 5) is 23.5. The molecule has 7 heteroatoms. The van der Waals surface area contributed by atoms with Gasteiger partial charge in [0.05, 0.1) is 11.7 Å². The summed E-state index contributed by atoms with van der Waals surface area (Å²) in [6.45, 7) is 1.30. The van der Waals surface area contributed by atoms with Crippen LogP contribution in [-0.2, 0) is 0 Å². The average Bonchev–Trinajstić information content (AvgIpc) is 3.15. The van der Waals surface area contributed by atoms with Gasteiger partial charge in [0, 0.05) is 37.4 Å². The van der Waals surface area contributed by atoms with E-state index in [-0.39, 0.29) is 11.8 Å². The highest BCUT2D eigenvalue weighted by atomic mass is 32.1. The molecular weight excluding hydrogens is 312 g/mol. The number of likely N-dealkylation sites (tertiary alicyclic amines) is 1. The van der Waals surface area contributed by atoms with Crippen LogP contribution in [0.5, 0.6) is 0 Å². The van der Waals surface area contributed by atoms with Crippen molar-refractivity contribution in [3.05, 3.63) is 40.3 Å². The van der Waals surface area contributed by atoms with Crippen LogP contribution in [0.3, 0.4) is 0 Å². The molecule has 1 saturated heterocycles. The molecule has 0 aliphatic carbocycles. The molecule has 2 N–H and O–H groups in total. The molecule has 0 spiro atoms. The van der Waals surface area contributed by atoms with E-state index in [0.29, 0.717) is 24.6 Å². The topological polar surface area (TPSA) is 78.4 Å². The second-order valence-electron chi connectivity index (χ2n) is 5.64. The van der Waals surface area contributed by atoms with Crippen molar-refractivity contribution in [2.45, 2.75) is 18.9 Å². The zero-order valence-electron chi connectivity index (χ0n) is 13.0. The number of piperidine rings is 1. The summed E-state index contributed by atoms with van der Waals surface area (Å²) in [5, 5.41) is 15.2. The zero-order valence-corrected chi connectivity index (χ0v) is 13.8. The molecule has 1 aliphatic rings. The molecule has 23 heavy (non-hydrogen) atoms. The summed E-state index contributed by atoms with van der Waals surface area (Å²) in [6, 6.07) is 3.92. The minimum absolute atomic E-state index is 0.0447. The Labute approximate surface area is 139 Å². The largest absolute Gasteiger partial charge is 0.387 e. The molecule has 1 aliphatic heterocycles. The van der Waals surface area contributed by atoms with Gasteiger partial charge < -0.3 is 15.3 Å². The smallest absolute Gasteiger partial charge is 0.256 e. The maximum Gasteiger partial charge on any atom is 0.256 e. The molecule has 1 unspecified atom stereocenters. The number of aromatic nitrogens is 2. The van der Waals surface area contributed by atoms with Crippen LogP contribution in [0.4, 0.5) is 5.95 Å². The summed E-state index contributed by atoms with van der Waals surface area (Å²) in [6.07, 6.45) is 4.28. The molecule has 2 aromatic rings. The van der Waals surface area contributed by atoms with Crippen LogP contribution in [0.25, 0.3) is 0 Å². The van der Waals surface area contributed by atoms with Gasteiger partial charge in [-0.1, -0.05) is 6.07 Å². The number of anilines is 1. The van der Waals surface area contributed by atoms with Crippen LogP contribution in [0.15, 0.2) is 29.9 Å². The number of nitrogens with zero attached hydrogens (tertiary/aromatic N) is 3. The first-order valence-electron chi connectivity index (χ1n) is 7.69. The van der Waals surface area contributed by atoms with E-state index in [1.165, 1.54) is 0 Å². The second kappa shape index (κ2) is 7.06. The third-order valence-electron chi connectivity index (χ3n) is 4.23. The van der Waals surface area contributed by atoms with Gasteiger partial charge in [0.1, 0.15) is 0 Å². The molecule has 122 valence electrons. The van der Waals surface area contributed by atoms with Crippen LogP contribution < -0.4 is 5.32 Å². The van der Waals surface area contributed by atoms with Crippen LogP contribution in [-0.4, -0.2) is 46.0 Å². The normalized spacial score (nSPS) is 17.0. The Kier molecular flexibility index (Phi) is 4.88. The van der Waals surface area contributed by atoms with E-state index in [0.717, 1.165) is 17.7 Å². The molecule has 6 nitrogen and oxygen atoms in total. The number of hydrogen-bond donors (Lipinski definition) is 2. The number of nitrogens with one attached hydrogen (secondary N) is 1. The number of hydrogen-bond acceptors (Lipinski definition) is 6. The lowest BCUT2D eigenvalue weighted by atomic mass is 9.90. The van der Waals surface area contributed by atoms with E-state index in [4.69, 9.17) is 0 Å². The van der Waals surface area contributed by atoms with Crippen LogP contribution in [0.1, 0.15) is 34.2 Å². The Balaban J connectivity index is 1.58. The second-order valence-corrected chi connectivity index (χ2v) is 6.61. The Hall–Kier alpha value is -1.99. The van der Waals surface area contributed by atoms with Crippen molar-refractivity contribution in [3.8, 4) is 0 Å². The highest BCUT2D eigenvalue weighted by molar-refractivity contribution is 7.10. The van der Waals surface area contributed by atoms with Gasteiger partial charge in [-0.3, -0.25) is 4.79 Å². The molecule has 3 rings (SSSR count). The third-order valence-corrected chi connectivity index (χ3v) is 5.17. The number of rotatable bonds is 4. The van der Waals surface area contributed by atoms with Gasteiger partial charge in [0.25, 0.3) is 5.91 Å². The standard InChI is InChI=1S/C16H20N4O2S/c1-17-16-18-9-12(10-19-16)15(22)20-6-4-11(5-7-20)14(21)13-3-2-8-23-13/h2-3,8-11,14,21H,4-7H2,1H3,(H,17,18,19). The van der Waals surface area contributed by atoms with Crippen molar-refractivity contribution in [2.24, 2.45) is 5.92 Å². The molecule has 0 bridgehead atoms. The molecule has 2 aromatic heterocycles. The van der Waals surface area contributed by atoms with Crippen molar-refractivity contribution in [3.63, 3.8) is 0 Å². The van der Waals surface area contributed by atoms with Crippen molar-refractivity contribution >= 4 is 23.2 Å². The Morgan fingerprint density at radius 2 is 2.09 bits per heavy atom. The lowest BCUT2D eigenvalue weighted by molar-refractivity contribution is 0.0473. The molecule has 1 atom stereocenters. The summed E-state index contributed by atoms with van der Waals surface area (Å²) in [5.41, 5.74) is 0.501. The minimum Gasteiger partial charge on any atom is -0.387 e. The fourth-order valence-electron chi connectivity index (χ4n) is 2.86. The van der Waals surface area contributed by atoms with Gasteiger partial charge >= 0.3 is 0 Å². The van der Waals surface area contributed by atoms with Gasteiger partial charge in [0.15, 0.2) is 0 Å². The Bertz CT molecular complexity index is 637. The lowest BCUT2D eigenvalue weighted by Gasteiger charge is -2.34. The van der Waals surface area contributed by atoms with Gasteiger partial charge in [-0.05, 0) is 30.2 Å². The fraction of sp³-hybridized carbons (Fsp3) is 0.438. The first kappa shape index (κ1) is 15.9. The van der Waals surface area contributed by atoms with Gasteiger partial charge in [0.2, 0.25) is 5.95 Å². The molecule has 0 saturated carbocycles. The molecule has 0 aromatic carbocycles. The number of amides is 1. The first-order chi connectivity index (χ1) is 11.2. The maximum atomic E-state index is 12.5. The zero-order chi connectivity index (χ0) is 16.2. The van der Waals surface area contributed by atoms with Gasteiger partial charge in [-0.2, -0.15) is 0 Å². The Morgan fingerprint density at radius 1 is 1.39 bits per heavy atom. The molecular formula is C16H20N4O2S. The van der Waals surface area contributed by atoms with E-state index in [1.54, 1.807) is 30.8 Å². The summed E-state index contributed by atoms with van der Waals surface area (Å²) < 4.78 is 0. The van der Waals surface area contributed by atoms with E-state index in [9.17, 15) is 9.90 Å². The van der Waals surface area contributed by atoms with E-state index in [1.807, 2.05) is 22.4 Å². The number of thiophene rings is 1. The predicted molar refractivity (Wildman–Crippen MR) is 89.5 cm³/mol. The minimum atomic E-state index is -0.425. The van der Waals surface area contributed by atoms with Crippen LogP contribution in [0, 0.1) is 5.92 Å². The van der Waals surface area contributed by atoms with E-state index < -0.39 is 6.10 Å². The quantitative estimate of drug-likeness (QED) is 0.897. The van der Waals surface area contributed by atoms with E-state index >= 15 is 0 Å². The number of carbonyl (C=O) groups excluding carboxylic acids is 1. The van der Waals surface area contributed by atoms with Crippen molar-refractivity contribution in [1.29, 1.82) is 0 Å².